The number of hydrogen-bond acceptors (Lipinski definition) is 4. The predicted molar refractivity (Wildman–Crippen MR) is 53.9 cm³/mol. The van der Waals surface area contributed by atoms with Crippen LogP contribution < -0.4 is 0 Å². The standard InChI is InChI=1S/C10H18N2O2/c13-11-9-3-1-2-4-10(9)12-5-7-14-8-6-12/h10,13H,1-8H2/b11-9+/t10-/m0/s1. The minimum absolute atomic E-state index is 0.373. The first-order valence-electron chi connectivity index (χ1n) is 5.44. The van der Waals surface area contributed by atoms with E-state index in [4.69, 9.17) is 9.94 Å². The first-order chi connectivity index (χ1) is 6.92. The highest BCUT2D eigenvalue weighted by Gasteiger charge is 2.27. The van der Waals surface area contributed by atoms with Gasteiger partial charge in [-0.1, -0.05) is 11.6 Å². The van der Waals surface area contributed by atoms with E-state index < -0.39 is 0 Å². The molecule has 14 heavy (non-hydrogen) atoms. The average molecular weight is 198 g/mol. The van der Waals surface area contributed by atoms with Crippen molar-refractivity contribution in [2.75, 3.05) is 26.3 Å². The molecule has 0 spiro atoms. The summed E-state index contributed by atoms with van der Waals surface area (Å²) in [7, 11) is 0. The second kappa shape index (κ2) is 4.75. The van der Waals surface area contributed by atoms with Gasteiger partial charge < -0.3 is 9.94 Å². The summed E-state index contributed by atoms with van der Waals surface area (Å²) >= 11 is 0. The number of morpholine rings is 1. The van der Waals surface area contributed by atoms with E-state index >= 15 is 0 Å². The Bertz CT molecular complexity index is 212. The largest absolute Gasteiger partial charge is 0.411 e. The molecule has 0 unspecified atom stereocenters. The maximum absolute atomic E-state index is 8.92. The molecule has 2 rings (SSSR count). The molecule has 80 valence electrons. The van der Waals surface area contributed by atoms with Gasteiger partial charge in [-0.25, -0.2) is 0 Å². The lowest BCUT2D eigenvalue weighted by Gasteiger charge is -2.36. The third-order valence-electron chi connectivity index (χ3n) is 3.16. The lowest BCUT2D eigenvalue weighted by atomic mass is 9.92. The topological polar surface area (TPSA) is 45.1 Å². The molecule has 2 fully saturated rings. The minimum Gasteiger partial charge on any atom is -0.411 e. The van der Waals surface area contributed by atoms with Gasteiger partial charge in [-0.3, -0.25) is 4.90 Å². The van der Waals surface area contributed by atoms with E-state index in [1.54, 1.807) is 0 Å². The Hall–Kier alpha value is -0.610. The van der Waals surface area contributed by atoms with Crippen LogP contribution in [0.15, 0.2) is 5.16 Å². The van der Waals surface area contributed by atoms with Crippen molar-refractivity contribution in [3.8, 4) is 0 Å². The third-order valence-corrected chi connectivity index (χ3v) is 3.16. The molecule has 2 aliphatic rings. The molecule has 0 radical (unpaired) electrons. The van der Waals surface area contributed by atoms with Crippen molar-refractivity contribution >= 4 is 5.71 Å². The zero-order chi connectivity index (χ0) is 9.80. The van der Waals surface area contributed by atoms with Crippen molar-refractivity contribution in [2.45, 2.75) is 31.7 Å². The second-order valence-corrected chi connectivity index (χ2v) is 4.00. The van der Waals surface area contributed by atoms with Crippen LogP contribution in [0.2, 0.25) is 0 Å². The molecular weight excluding hydrogens is 180 g/mol. The maximum atomic E-state index is 8.92. The van der Waals surface area contributed by atoms with Gasteiger partial charge in [0.1, 0.15) is 0 Å². The summed E-state index contributed by atoms with van der Waals surface area (Å²) in [6.45, 7) is 3.58. The molecule has 1 aliphatic heterocycles. The summed E-state index contributed by atoms with van der Waals surface area (Å²) in [5.74, 6) is 0. The molecule has 0 bridgehead atoms. The zero-order valence-electron chi connectivity index (χ0n) is 8.48. The quantitative estimate of drug-likeness (QED) is 0.507. The first kappa shape index (κ1) is 9.93. The summed E-state index contributed by atoms with van der Waals surface area (Å²) in [5, 5.41) is 12.4. The van der Waals surface area contributed by atoms with Crippen LogP contribution in [0, 0.1) is 0 Å². The number of oxime groups is 1. The Labute approximate surface area is 84.5 Å². The van der Waals surface area contributed by atoms with Crippen molar-refractivity contribution in [3.63, 3.8) is 0 Å². The summed E-state index contributed by atoms with van der Waals surface area (Å²) in [6.07, 6.45) is 4.51. The maximum Gasteiger partial charge on any atom is 0.0742 e. The lowest BCUT2D eigenvalue weighted by molar-refractivity contribution is 0.0252. The van der Waals surface area contributed by atoms with E-state index in [9.17, 15) is 0 Å². The Morgan fingerprint density at radius 3 is 2.79 bits per heavy atom. The molecule has 1 aliphatic carbocycles. The van der Waals surface area contributed by atoms with Gasteiger partial charge >= 0.3 is 0 Å². The fourth-order valence-corrected chi connectivity index (χ4v) is 2.38. The first-order valence-corrected chi connectivity index (χ1v) is 5.44. The van der Waals surface area contributed by atoms with Crippen LogP contribution in [0.3, 0.4) is 0 Å². The highest BCUT2D eigenvalue weighted by Crippen LogP contribution is 2.21. The van der Waals surface area contributed by atoms with Crippen LogP contribution in [0.5, 0.6) is 0 Å². The Morgan fingerprint density at radius 2 is 2.07 bits per heavy atom. The van der Waals surface area contributed by atoms with E-state index in [1.165, 1.54) is 12.8 Å². The van der Waals surface area contributed by atoms with Gasteiger partial charge in [0.15, 0.2) is 0 Å². The van der Waals surface area contributed by atoms with Crippen molar-refractivity contribution in [1.29, 1.82) is 0 Å². The fourth-order valence-electron chi connectivity index (χ4n) is 2.38. The highest BCUT2D eigenvalue weighted by molar-refractivity contribution is 5.89. The molecule has 1 atom stereocenters. The van der Waals surface area contributed by atoms with Gasteiger partial charge in [-0.05, 0) is 19.3 Å². The summed E-state index contributed by atoms with van der Waals surface area (Å²) in [5.41, 5.74) is 0.971. The Kier molecular flexibility index (Phi) is 3.37. The molecule has 4 nitrogen and oxygen atoms in total. The smallest absolute Gasteiger partial charge is 0.0742 e. The van der Waals surface area contributed by atoms with Gasteiger partial charge in [0.25, 0.3) is 0 Å². The van der Waals surface area contributed by atoms with E-state index in [0.29, 0.717) is 6.04 Å². The summed E-state index contributed by atoms with van der Waals surface area (Å²) in [4.78, 5) is 2.39. The molecule has 1 saturated carbocycles. The lowest BCUT2D eigenvalue weighted by Crippen LogP contribution is -2.48. The molecule has 0 aromatic carbocycles. The van der Waals surface area contributed by atoms with Gasteiger partial charge in [-0.2, -0.15) is 0 Å². The number of nitrogens with zero attached hydrogens (tertiary/aromatic N) is 2. The van der Waals surface area contributed by atoms with Crippen molar-refractivity contribution in [1.82, 2.24) is 4.90 Å². The zero-order valence-corrected chi connectivity index (χ0v) is 8.48. The molecule has 1 heterocycles. The van der Waals surface area contributed by atoms with Crippen molar-refractivity contribution in [2.24, 2.45) is 5.16 Å². The van der Waals surface area contributed by atoms with Crippen molar-refractivity contribution < 1.29 is 9.94 Å². The van der Waals surface area contributed by atoms with Crippen LogP contribution in [0.1, 0.15) is 25.7 Å². The number of ether oxygens (including phenoxy) is 1. The van der Waals surface area contributed by atoms with Gasteiger partial charge in [0, 0.05) is 13.1 Å². The van der Waals surface area contributed by atoms with Crippen LogP contribution in [-0.4, -0.2) is 48.2 Å². The predicted octanol–water partition coefficient (Wildman–Crippen LogP) is 1.09. The SMILES string of the molecule is O/N=C1\CCCC[C@@H]1N1CCOCC1. The van der Waals surface area contributed by atoms with Crippen LogP contribution in [0.25, 0.3) is 0 Å². The van der Waals surface area contributed by atoms with Crippen LogP contribution in [0.4, 0.5) is 0 Å². The number of rotatable bonds is 1. The molecular formula is C10H18N2O2. The summed E-state index contributed by atoms with van der Waals surface area (Å²) < 4.78 is 5.32. The van der Waals surface area contributed by atoms with Gasteiger partial charge in [0.2, 0.25) is 0 Å². The van der Waals surface area contributed by atoms with Gasteiger partial charge in [0.05, 0.1) is 25.0 Å². The van der Waals surface area contributed by atoms with Crippen LogP contribution >= 0.6 is 0 Å². The monoisotopic (exact) mass is 198 g/mol. The van der Waals surface area contributed by atoms with E-state index in [-0.39, 0.29) is 0 Å². The molecule has 1 N–H and O–H groups in total. The normalized spacial score (nSPS) is 33.4. The summed E-state index contributed by atoms with van der Waals surface area (Å²) in [6, 6.07) is 0.373. The fraction of sp³-hybridized carbons (Fsp3) is 0.900. The Balaban J connectivity index is 1.98. The highest BCUT2D eigenvalue weighted by atomic mass is 16.5. The second-order valence-electron chi connectivity index (χ2n) is 4.00. The van der Waals surface area contributed by atoms with Crippen molar-refractivity contribution in [3.05, 3.63) is 0 Å². The van der Waals surface area contributed by atoms with Gasteiger partial charge in [-0.15, -0.1) is 0 Å². The molecule has 4 heteroatoms. The molecule has 0 aromatic rings. The Morgan fingerprint density at radius 1 is 1.29 bits per heavy atom. The third kappa shape index (κ3) is 2.07. The van der Waals surface area contributed by atoms with Crippen LogP contribution in [-0.2, 0) is 4.74 Å². The van der Waals surface area contributed by atoms with E-state index in [0.717, 1.165) is 44.9 Å². The molecule has 0 amide bonds. The van der Waals surface area contributed by atoms with E-state index in [1.807, 2.05) is 0 Å². The molecule has 0 aromatic heterocycles. The number of hydrogen-bond donors (Lipinski definition) is 1. The average Bonchev–Trinajstić information content (AvgIpc) is 2.30. The van der Waals surface area contributed by atoms with E-state index in [2.05, 4.69) is 10.1 Å². The minimum atomic E-state index is 0.373. The molecule has 1 saturated heterocycles.